The molecule has 0 saturated heterocycles. The van der Waals surface area contributed by atoms with Crippen LogP contribution in [0.25, 0.3) is 0 Å². The number of H-pyrrole nitrogens is 1. The Morgan fingerprint density at radius 2 is 2.04 bits per heavy atom. The Labute approximate surface area is 153 Å². The molecule has 1 aromatic carbocycles. The zero-order valence-corrected chi connectivity index (χ0v) is 14.7. The molecule has 3 N–H and O–H groups in total. The molecule has 0 unspecified atom stereocenters. The second kappa shape index (κ2) is 7.75. The second-order valence-corrected chi connectivity index (χ2v) is 6.49. The molecule has 0 aliphatic rings. The number of aromatic nitrogens is 2. The lowest BCUT2D eigenvalue weighted by molar-refractivity contribution is -0.115. The highest BCUT2D eigenvalue weighted by Crippen LogP contribution is 2.17. The molecule has 0 saturated carbocycles. The van der Waals surface area contributed by atoms with E-state index in [1.807, 2.05) is 31.2 Å². The van der Waals surface area contributed by atoms with Crippen LogP contribution < -0.4 is 16.2 Å². The minimum Gasteiger partial charge on any atom is -0.328 e. The van der Waals surface area contributed by atoms with Crippen LogP contribution in [0.15, 0.2) is 52.8 Å². The van der Waals surface area contributed by atoms with Crippen molar-refractivity contribution in [3.8, 4) is 0 Å². The first-order valence-corrected chi connectivity index (χ1v) is 8.68. The normalized spacial score (nSPS) is 10.3. The lowest BCUT2D eigenvalue weighted by atomic mass is 10.2. The number of anilines is 2. The molecule has 0 aliphatic carbocycles. The molecule has 7 nitrogen and oxygen atoms in total. The van der Waals surface area contributed by atoms with Crippen molar-refractivity contribution >= 4 is 34.0 Å². The van der Waals surface area contributed by atoms with Crippen LogP contribution in [0, 0.1) is 6.92 Å². The molecule has 0 bridgehead atoms. The van der Waals surface area contributed by atoms with E-state index >= 15 is 0 Å². The van der Waals surface area contributed by atoms with E-state index in [1.54, 1.807) is 5.38 Å². The van der Waals surface area contributed by atoms with Gasteiger partial charge in [-0.3, -0.25) is 19.7 Å². The summed E-state index contributed by atoms with van der Waals surface area (Å²) >= 11 is 1.23. The Hall–Kier alpha value is -3.26. The highest BCUT2D eigenvalue weighted by molar-refractivity contribution is 7.14. The quantitative estimate of drug-likeness (QED) is 0.644. The number of nitrogens with zero attached hydrogens (tertiary/aromatic N) is 1. The van der Waals surface area contributed by atoms with Gasteiger partial charge in [0.05, 0.1) is 17.7 Å². The third kappa shape index (κ3) is 4.64. The Morgan fingerprint density at radius 3 is 2.77 bits per heavy atom. The molecular weight excluding hydrogens is 352 g/mol. The highest BCUT2D eigenvalue weighted by Gasteiger charge is 2.11. The molecule has 0 radical (unpaired) electrons. The third-order valence-corrected chi connectivity index (χ3v) is 4.27. The van der Waals surface area contributed by atoms with E-state index in [9.17, 15) is 14.4 Å². The van der Waals surface area contributed by atoms with Crippen LogP contribution in [-0.2, 0) is 11.2 Å². The van der Waals surface area contributed by atoms with Crippen molar-refractivity contribution in [3.63, 3.8) is 0 Å². The summed E-state index contributed by atoms with van der Waals surface area (Å²) in [5.41, 5.74) is 2.40. The second-order valence-electron chi connectivity index (χ2n) is 5.63. The Morgan fingerprint density at radius 1 is 1.19 bits per heavy atom. The number of aryl methyl sites for hydroxylation is 1. The topological polar surface area (TPSA) is 104 Å². The maximum Gasteiger partial charge on any atom is 0.258 e. The average Bonchev–Trinajstić information content (AvgIpc) is 3.02. The molecule has 132 valence electrons. The van der Waals surface area contributed by atoms with E-state index in [4.69, 9.17) is 0 Å². The number of hydrogen-bond donors (Lipinski definition) is 3. The van der Waals surface area contributed by atoms with Gasteiger partial charge in [0.2, 0.25) is 11.5 Å². The van der Waals surface area contributed by atoms with Gasteiger partial charge in [0.1, 0.15) is 0 Å². The summed E-state index contributed by atoms with van der Waals surface area (Å²) in [6.45, 7) is 1.95. The van der Waals surface area contributed by atoms with Gasteiger partial charge in [0.15, 0.2) is 5.13 Å². The zero-order valence-electron chi connectivity index (χ0n) is 13.9. The van der Waals surface area contributed by atoms with Crippen molar-refractivity contribution in [3.05, 3.63) is 75.1 Å². The molecule has 8 heteroatoms. The minimum absolute atomic E-state index is 0.110. The maximum absolute atomic E-state index is 12.1. The first-order valence-electron chi connectivity index (χ1n) is 7.80. The van der Waals surface area contributed by atoms with Crippen molar-refractivity contribution in [1.29, 1.82) is 0 Å². The van der Waals surface area contributed by atoms with Gasteiger partial charge in [0, 0.05) is 23.3 Å². The van der Waals surface area contributed by atoms with Crippen molar-refractivity contribution in [2.75, 3.05) is 10.6 Å². The number of carbonyl (C=O) groups is 2. The van der Waals surface area contributed by atoms with E-state index < -0.39 is 0 Å². The van der Waals surface area contributed by atoms with Gasteiger partial charge in [-0.2, -0.15) is 0 Å². The number of rotatable bonds is 5. The number of benzene rings is 1. The summed E-state index contributed by atoms with van der Waals surface area (Å²) in [6, 6.07) is 10.2. The molecule has 3 aromatic rings. The van der Waals surface area contributed by atoms with Crippen LogP contribution in [0.1, 0.15) is 21.6 Å². The number of hydrogen-bond acceptors (Lipinski definition) is 5. The number of aromatic amines is 1. The van der Waals surface area contributed by atoms with E-state index in [2.05, 4.69) is 20.6 Å². The van der Waals surface area contributed by atoms with Gasteiger partial charge < -0.3 is 10.3 Å². The monoisotopic (exact) mass is 368 g/mol. The molecular formula is C18H16N4O3S. The number of amides is 2. The molecule has 2 amide bonds. The molecule has 2 heterocycles. The van der Waals surface area contributed by atoms with Crippen LogP contribution in [0.4, 0.5) is 10.8 Å². The van der Waals surface area contributed by atoms with E-state index in [-0.39, 0.29) is 23.8 Å². The van der Waals surface area contributed by atoms with Crippen molar-refractivity contribution in [1.82, 2.24) is 9.97 Å². The summed E-state index contributed by atoms with van der Waals surface area (Å²) in [5.74, 6) is -0.564. The molecule has 0 fully saturated rings. The number of pyridine rings is 1. The molecule has 0 atom stereocenters. The molecule has 0 aliphatic heterocycles. The Kier molecular flexibility index (Phi) is 5.23. The average molecular weight is 368 g/mol. The van der Waals surface area contributed by atoms with Crippen LogP contribution in [0.3, 0.4) is 0 Å². The summed E-state index contributed by atoms with van der Waals surface area (Å²) in [7, 11) is 0. The predicted octanol–water partition coefficient (Wildman–Crippen LogP) is 2.57. The standard InChI is InChI=1S/C18H16N4O3S/c1-11-3-2-4-13(7-11)20-16(24)8-14-10-26-18(21-14)22-17(25)12-5-6-15(23)19-9-12/h2-7,9-10H,8H2,1H3,(H,19,23)(H,20,24)(H,21,22,25). The molecule has 3 rings (SSSR count). The van der Waals surface area contributed by atoms with Crippen LogP contribution >= 0.6 is 11.3 Å². The smallest absolute Gasteiger partial charge is 0.258 e. The van der Waals surface area contributed by atoms with Crippen LogP contribution in [0.2, 0.25) is 0 Å². The third-order valence-electron chi connectivity index (χ3n) is 3.46. The summed E-state index contributed by atoms with van der Waals surface area (Å²) in [5, 5.41) is 7.57. The lowest BCUT2D eigenvalue weighted by Gasteiger charge is -2.04. The van der Waals surface area contributed by atoms with Crippen LogP contribution in [0.5, 0.6) is 0 Å². The highest BCUT2D eigenvalue weighted by atomic mass is 32.1. The SMILES string of the molecule is Cc1cccc(NC(=O)Cc2csc(NC(=O)c3ccc(=O)[nH]c3)n2)c1. The van der Waals surface area contributed by atoms with Gasteiger partial charge in [-0.1, -0.05) is 12.1 Å². The fourth-order valence-corrected chi connectivity index (χ4v) is 2.96. The fourth-order valence-electron chi connectivity index (χ4n) is 2.26. The van der Waals surface area contributed by atoms with Gasteiger partial charge in [-0.25, -0.2) is 4.98 Å². The summed E-state index contributed by atoms with van der Waals surface area (Å²) < 4.78 is 0. The van der Waals surface area contributed by atoms with E-state index in [0.717, 1.165) is 11.3 Å². The Bertz CT molecular complexity index is 989. The summed E-state index contributed by atoms with van der Waals surface area (Å²) in [6.07, 6.45) is 1.44. The number of carbonyl (C=O) groups excluding carboxylic acids is 2. The molecule has 26 heavy (non-hydrogen) atoms. The Balaban J connectivity index is 1.59. The zero-order chi connectivity index (χ0) is 18.5. The number of thiazole rings is 1. The number of nitrogens with one attached hydrogen (secondary N) is 3. The van der Waals surface area contributed by atoms with Crippen molar-refractivity contribution < 1.29 is 9.59 Å². The first-order chi connectivity index (χ1) is 12.5. The predicted molar refractivity (Wildman–Crippen MR) is 101 cm³/mol. The first kappa shape index (κ1) is 17.6. The van der Waals surface area contributed by atoms with Crippen molar-refractivity contribution in [2.24, 2.45) is 0 Å². The van der Waals surface area contributed by atoms with E-state index in [1.165, 1.54) is 29.7 Å². The molecule has 2 aromatic heterocycles. The van der Waals surface area contributed by atoms with Gasteiger partial charge in [-0.15, -0.1) is 11.3 Å². The van der Waals surface area contributed by atoms with Gasteiger partial charge in [0.25, 0.3) is 5.91 Å². The molecule has 0 spiro atoms. The largest absolute Gasteiger partial charge is 0.328 e. The lowest BCUT2D eigenvalue weighted by Crippen LogP contribution is -2.16. The summed E-state index contributed by atoms with van der Waals surface area (Å²) in [4.78, 5) is 41.9. The van der Waals surface area contributed by atoms with Gasteiger partial charge in [-0.05, 0) is 30.7 Å². The van der Waals surface area contributed by atoms with E-state index in [0.29, 0.717) is 16.4 Å². The van der Waals surface area contributed by atoms with Crippen molar-refractivity contribution in [2.45, 2.75) is 13.3 Å². The van der Waals surface area contributed by atoms with Gasteiger partial charge >= 0.3 is 0 Å². The minimum atomic E-state index is -0.383. The maximum atomic E-state index is 12.1. The fraction of sp³-hybridized carbons (Fsp3) is 0.111. The van der Waals surface area contributed by atoms with Crippen LogP contribution in [-0.4, -0.2) is 21.8 Å².